The van der Waals surface area contributed by atoms with E-state index < -0.39 is 0 Å². The van der Waals surface area contributed by atoms with Crippen LogP contribution in [0, 0.1) is 5.82 Å². The van der Waals surface area contributed by atoms with Gasteiger partial charge in [-0.1, -0.05) is 6.08 Å². The molecule has 2 heterocycles. The van der Waals surface area contributed by atoms with E-state index in [2.05, 4.69) is 27.2 Å². The molecular formula is C14H21FIN5. The van der Waals surface area contributed by atoms with Crippen molar-refractivity contribution in [2.75, 3.05) is 31.6 Å². The quantitative estimate of drug-likeness (QED) is 0.347. The average Bonchev–Trinajstić information content (AvgIpc) is 2.92. The molecule has 0 bridgehead atoms. The van der Waals surface area contributed by atoms with Gasteiger partial charge in [0.25, 0.3) is 0 Å². The molecule has 1 saturated heterocycles. The van der Waals surface area contributed by atoms with Crippen LogP contribution in [0.3, 0.4) is 0 Å². The van der Waals surface area contributed by atoms with Crippen LogP contribution in [0.2, 0.25) is 0 Å². The summed E-state index contributed by atoms with van der Waals surface area (Å²) in [5, 5.41) is 6.44. The van der Waals surface area contributed by atoms with Crippen molar-refractivity contribution in [1.82, 2.24) is 15.6 Å². The van der Waals surface area contributed by atoms with Crippen LogP contribution in [0.15, 0.2) is 36.0 Å². The zero-order valence-corrected chi connectivity index (χ0v) is 14.4. The van der Waals surface area contributed by atoms with Crippen molar-refractivity contribution in [3.8, 4) is 0 Å². The van der Waals surface area contributed by atoms with Crippen LogP contribution in [0.25, 0.3) is 0 Å². The summed E-state index contributed by atoms with van der Waals surface area (Å²) in [6, 6.07) is 3.27. The summed E-state index contributed by atoms with van der Waals surface area (Å²) in [5.74, 6) is 0.881. The molecule has 1 unspecified atom stereocenters. The first kappa shape index (κ1) is 17.7. The summed E-state index contributed by atoms with van der Waals surface area (Å²) in [5.41, 5.74) is 0. The Bertz CT molecular complexity index is 494. The van der Waals surface area contributed by atoms with E-state index >= 15 is 0 Å². The van der Waals surface area contributed by atoms with Gasteiger partial charge >= 0.3 is 0 Å². The molecule has 2 N–H and O–H groups in total. The predicted molar refractivity (Wildman–Crippen MR) is 94.9 cm³/mol. The van der Waals surface area contributed by atoms with Crippen LogP contribution < -0.4 is 15.5 Å². The number of aromatic nitrogens is 1. The van der Waals surface area contributed by atoms with Crippen LogP contribution in [0.1, 0.15) is 6.42 Å². The monoisotopic (exact) mass is 405 g/mol. The van der Waals surface area contributed by atoms with Gasteiger partial charge in [-0.3, -0.25) is 4.99 Å². The smallest absolute Gasteiger partial charge is 0.191 e. The molecule has 5 nitrogen and oxygen atoms in total. The number of guanidine groups is 1. The van der Waals surface area contributed by atoms with E-state index in [-0.39, 0.29) is 35.8 Å². The third-order valence-corrected chi connectivity index (χ3v) is 3.21. The average molecular weight is 405 g/mol. The Kier molecular flexibility index (Phi) is 7.41. The molecule has 21 heavy (non-hydrogen) atoms. The molecule has 1 aromatic rings. The van der Waals surface area contributed by atoms with Crippen LogP contribution in [-0.2, 0) is 0 Å². The summed E-state index contributed by atoms with van der Waals surface area (Å²) in [4.78, 5) is 10.2. The molecule has 1 aliphatic rings. The molecule has 1 fully saturated rings. The summed E-state index contributed by atoms with van der Waals surface area (Å²) >= 11 is 0. The maximum atomic E-state index is 13.7. The van der Waals surface area contributed by atoms with Gasteiger partial charge in [0.15, 0.2) is 17.6 Å². The first-order chi connectivity index (χ1) is 9.74. The number of hydrogen-bond donors (Lipinski definition) is 2. The molecule has 1 aromatic heterocycles. The lowest BCUT2D eigenvalue weighted by Gasteiger charge is -2.19. The van der Waals surface area contributed by atoms with Crippen molar-refractivity contribution in [2.45, 2.75) is 12.5 Å². The van der Waals surface area contributed by atoms with E-state index in [9.17, 15) is 4.39 Å². The summed E-state index contributed by atoms with van der Waals surface area (Å²) in [6.07, 6.45) is 4.31. The Morgan fingerprint density at radius 1 is 1.67 bits per heavy atom. The first-order valence-corrected chi connectivity index (χ1v) is 6.68. The molecule has 1 aliphatic heterocycles. The fourth-order valence-corrected chi connectivity index (χ4v) is 2.24. The van der Waals surface area contributed by atoms with Crippen LogP contribution >= 0.6 is 24.0 Å². The zero-order valence-electron chi connectivity index (χ0n) is 12.1. The molecule has 116 valence electrons. The highest BCUT2D eigenvalue weighted by atomic mass is 127. The number of anilines is 1. The van der Waals surface area contributed by atoms with Gasteiger partial charge in [-0.2, -0.15) is 0 Å². The van der Waals surface area contributed by atoms with Gasteiger partial charge < -0.3 is 15.5 Å². The number of nitrogens with zero attached hydrogens (tertiary/aromatic N) is 3. The molecule has 0 spiro atoms. The van der Waals surface area contributed by atoms with Crippen LogP contribution in [-0.4, -0.2) is 43.7 Å². The fourth-order valence-electron chi connectivity index (χ4n) is 2.24. The minimum atomic E-state index is -0.276. The number of rotatable bonds is 4. The lowest BCUT2D eigenvalue weighted by molar-refractivity contribution is 0.612. The molecule has 2 rings (SSSR count). The van der Waals surface area contributed by atoms with Crippen molar-refractivity contribution in [3.63, 3.8) is 0 Å². The van der Waals surface area contributed by atoms with Crippen molar-refractivity contribution >= 4 is 35.8 Å². The second-order valence-corrected chi connectivity index (χ2v) is 4.63. The molecule has 0 saturated carbocycles. The Balaban J connectivity index is 0.00000220. The number of nitrogens with one attached hydrogen (secondary N) is 2. The van der Waals surface area contributed by atoms with Crippen molar-refractivity contribution in [1.29, 1.82) is 0 Å². The number of pyridine rings is 1. The minimum absolute atomic E-state index is 0. The Morgan fingerprint density at radius 2 is 2.48 bits per heavy atom. The highest BCUT2D eigenvalue weighted by Gasteiger charge is 2.25. The SMILES string of the molecule is C=CCNC(=NC)NC1CCN(c2ncccc2F)C1.I. The maximum absolute atomic E-state index is 13.7. The Morgan fingerprint density at radius 3 is 3.14 bits per heavy atom. The zero-order chi connectivity index (χ0) is 14.4. The topological polar surface area (TPSA) is 52.6 Å². The Labute approximate surface area is 141 Å². The van der Waals surface area contributed by atoms with E-state index in [0.29, 0.717) is 18.9 Å². The number of hydrogen-bond acceptors (Lipinski definition) is 3. The van der Waals surface area contributed by atoms with Gasteiger partial charge in [0.2, 0.25) is 0 Å². The van der Waals surface area contributed by atoms with E-state index in [1.54, 1.807) is 25.4 Å². The normalized spacial score (nSPS) is 18.1. The van der Waals surface area contributed by atoms with Gasteiger partial charge in [0.05, 0.1) is 0 Å². The summed E-state index contributed by atoms with van der Waals surface area (Å²) < 4.78 is 13.7. The molecule has 0 radical (unpaired) electrons. The molecular weight excluding hydrogens is 384 g/mol. The second kappa shape index (κ2) is 8.81. The van der Waals surface area contributed by atoms with Gasteiger partial charge in [0.1, 0.15) is 0 Å². The van der Waals surface area contributed by atoms with E-state index in [1.807, 2.05) is 4.90 Å². The molecule has 7 heteroatoms. The van der Waals surface area contributed by atoms with Gasteiger partial charge in [-0.25, -0.2) is 9.37 Å². The minimum Gasteiger partial charge on any atom is -0.353 e. The fraction of sp³-hybridized carbons (Fsp3) is 0.429. The highest BCUT2D eigenvalue weighted by Crippen LogP contribution is 2.20. The standard InChI is InChI=1S/C14H20FN5.HI/c1-3-7-18-14(16-2)19-11-6-9-20(10-11)13-12(15)5-4-8-17-13;/h3-5,8,11H,1,6-7,9-10H2,2H3,(H2,16,18,19);1H. The third-order valence-electron chi connectivity index (χ3n) is 3.21. The maximum Gasteiger partial charge on any atom is 0.191 e. The second-order valence-electron chi connectivity index (χ2n) is 4.63. The van der Waals surface area contributed by atoms with Crippen molar-refractivity contribution in [3.05, 3.63) is 36.8 Å². The van der Waals surface area contributed by atoms with E-state index in [0.717, 1.165) is 18.9 Å². The lowest BCUT2D eigenvalue weighted by atomic mass is 10.3. The number of halogens is 2. The van der Waals surface area contributed by atoms with E-state index in [1.165, 1.54) is 6.07 Å². The van der Waals surface area contributed by atoms with Crippen molar-refractivity contribution in [2.24, 2.45) is 4.99 Å². The van der Waals surface area contributed by atoms with Gasteiger partial charge in [0, 0.05) is 38.9 Å². The molecule has 0 amide bonds. The molecule has 0 aromatic carbocycles. The Hall–Kier alpha value is -1.38. The van der Waals surface area contributed by atoms with Gasteiger partial charge in [-0.05, 0) is 18.6 Å². The first-order valence-electron chi connectivity index (χ1n) is 6.68. The number of aliphatic imine (C=N–C) groups is 1. The predicted octanol–water partition coefficient (Wildman–Crippen LogP) is 1.77. The molecule has 1 atom stereocenters. The van der Waals surface area contributed by atoms with Crippen LogP contribution in [0.5, 0.6) is 0 Å². The molecule has 0 aliphatic carbocycles. The summed E-state index contributed by atoms with van der Waals surface area (Å²) in [6.45, 7) is 5.81. The highest BCUT2D eigenvalue weighted by molar-refractivity contribution is 14.0. The van der Waals surface area contributed by atoms with Crippen molar-refractivity contribution < 1.29 is 4.39 Å². The third kappa shape index (κ3) is 4.83. The lowest BCUT2D eigenvalue weighted by Crippen LogP contribution is -2.44. The van der Waals surface area contributed by atoms with Gasteiger partial charge in [-0.15, -0.1) is 30.6 Å². The van der Waals surface area contributed by atoms with E-state index in [4.69, 9.17) is 0 Å². The van der Waals surface area contributed by atoms with Crippen LogP contribution in [0.4, 0.5) is 10.2 Å². The largest absolute Gasteiger partial charge is 0.353 e. The summed E-state index contributed by atoms with van der Waals surface area (Å²) in [7, 11) is 1.73.